The lowest BCUT2D eigenvalue weighted by molar-refractivity contribution is -0.133. The van der Waals surface area contributed by atoms with E-state index < -0.39 is 6.04 Å². The Morgan fingerprint density at radius 1 is 1.03 bits per heavy atom. The van der Waals surface area contributed by atoms with E-state index in [1.165, 1.54) is 0 Å². The van der Waals surface area contributed by atoms with Crippen LogP contribution in [0.2, 0.25) is 0 Å². The number of likely N-dealkylation sites (tertiary alicyclic amines) is 1. The molecular formula is C23H30ClN3O2. The fourth-order valence-electron chi connectivity index (χ4n) is 3.82. The molecule has 0 spiro atoms. The number of hydrogen-bond acceptors (Lipinski definition) is 3. The van der Waals surface area contributed by atoms with Crippen molar-refractivity contribution in [2.24, 2.45) is 11.7 Å². The molecule has 0 bridgehead atoms. The van der Waals surface area contributed by atoms with Gasteiger partial charge in [-0.1, -0.05) is 62.4 Å². The van der Waals surface area contributed by atoms with Gasteiger partial charge in [-0.05, 0) is 30.0 Å². The lowest BCUT2D eigenvalue weighted by Gasteiger charge is -2.27. The monoisotopic (exact) mass is 415 g/mol. The number of nitrogens with two attached hydrogens (primary N) is 1. The number of carbonyl (C=O) groups is 2. The van der Waals surface area contributed by atoms with Gasteiger partial charge in [0.05, 0.1) is 0 Å². The molecule has 5 nitrogen and oxygen atoms in total. The summed E-state index contributed by atoms with van der Waals surface area (Å²) in [6.07, 6.45) is 0. The molecule has 1 heterocycles. The molecule has 3 atom stereocenters. The van der Waals surface area contributed by atoms with Crippen molar-refractivity contribution in [2.75, 3.05) is 13.1 Å². The van der Waals surface area contributed by atoms with Gasteiger partial charge in [0.25, 0.3) is 5.91 Å². The van der Waals surface area contributed by atoms with E-state index in [4.69, 9.17) is 5.73 Å². The minimum absolute atomic E-state index is 0. The first-order valence-corrected chi connectivity index (χ1v) is 9.84. The highest BCUT2D eigenvalue weighted by Gasteiger charge is 2.37. The van der Waals surface area contributed by atoms with Gasteiger partial charge in [0, 0.05) is 30.6 Å². The maximum atomic E-state index is 13.2. The van der Waals surface area contributed by atoms with E-state index in [0.717, 1.165) is 11.1 Å². The Balaban J connectivity index is 0.00000300. The molecule has 0 aliphatic carbocycles. The molecule has 2 amide bonds. The normalized spacial score (nSPS) is 19.6. The molecule has 156 valence electrons. The Kier molecular flexibility index (Phi) is 7.82. The van der Waals surface area contributed by atoms with E-state index in [1.807, 2.05) is 57.2 Å². The number of nitrogens with zero attached hydrogens (tertiary/aromatic N) is 1. The number of hydrogen-bond donors (Lipinski definition) is 2. The molecule has 3 rings (SSSR count). The van der Waals surface area contributed by atoms with Crippen LogP contribution in [0.3, 0.4) is 0 Å². The molecule has 29 heavy (non-hydrogen) atoms. The third-order valence-electron chi connectivity index (χ3n) is 5.51. The van der Waals surface area contributed by atoms with E-state index >= 15 is 0 Å². The maximum absolute atomic E-state index is 13.2. The summed E-state index contributed by atoms with van der Waals surface area (Å²) in [5, 5.41) is 2.95. The first kappa shape index (κ1) is 22.9. The number of rotatable bonds is 5. The highest BCUT2D eigenvalue weighted by atomic mass is 35.5. The SMILES string of the molecule is Cc1ccccc1C(=O)NC(C(=O)N1C[C@@H](N)[C@H](c2ccccc2)C1)C(C)C.Cl. The third kappa shape index (κ3) is 5.17. The van der Waals surface area contributed by atoms with E-state index in [2.05, 4.69) is 17.4 Å². The molecule has 0 saturated carbocycles. The summed E-state index contributed by atoms with van der Waals surface area (Å²) >= 11 is 0. The van der Waals surface area contributed by atoms with E-state index in [1.54, 1.807) is 11.0 Å². The Labute approximate surface area is 179 Å². The molecule has 1 aliphatic heterocycles. The molecule has 3 N–H and O–H groups in total. The first-order valence-electron chi connectivity index (χ1n) is 9.84. The molecule has 1 fully saturated rings. The van der Waals surface area contributed by atoms with E-state index in [0.29, 0.717) is 18.7 Å². The smallest absolute Gasteiger partial charge is 0.252 e. The summed E-state index contributed by atoms with van der Waals surface area (Å²) in [5.74, 6) is -0.184. The van der Waals surface area contributed by atoms with Gasteiger partial charge in [-0.3, -0.25) is 9.59 Å². The van der Waals surface area contributed by atoms with Gasteiger partial charge in [0.15, 0.2) is 0 Å². The minimum atomic E-state index is -0.575. The zero-order valence-corrected chi connectivity index (χ0v) is 18.0. The molecule has 2 aromatic carbocycles. The molecule has 1 saturated heterocycles. The van der Waals surface area contributed by atoms with Gasteiger partial charge in [-0.2, -0.15) is 0 Å². The van der Waals surface area contributed by atoms with Crippen molar-refractivity contribution in [3.05, 3.63) is 71.3 Å². The quantitative estimate of drug-likeness (QED) is 0.787. The van der Waals surface area contributed by atoms with Crippen molar-refractivity contribution in [1.82, 2.24) is 10.2 Å². The van der Waals surface area contributed by atoms with Crippen LogP contribution in [0.25, 0.3) is 0 Å². The zero-order valence-electron chi connectivity index (χ0n) is 17.2. The summed E-state index contributed by atoms with van der Waals surface area (Å²) in [4.78, 5) is 27.8. The van der Waals surface area contributed by atoms with Gasteiger partial charge in [0.2, 0.25) is 5.91 Å². The predicted octanol–water partition coefficient (Wildman–Crippen LogP) is 3.12. The van der Waals surface area contributed by atoms with Crippen LogP contribution in [-0.2, 0) is 4.79 Å². The lowest BCUT2D eigenvalue weighted by Crippen LogP contribution is -2.51. The molecular weight excluding hydrogens is 386 g/mol. The highest BCUT2D eigenvalue weighted by molar-refractivity contribution is 5.98. The van der Waals surface area contributed by atoms with Crippen LogP contribution in [0.4, 0.5) is 0 Å². The average molecular weight is 416 g/mol. The van der Waals surface area contributed by atoms with E-state index in [9.17, 15) is 9.59 Å². The van der Waals surface area contributed by atoms with Gasteiger partial charge >= 0.3 is 0 Å². The van der Waals surface area contributed by atoms with Gasteiger partial charge < -0.3 is 16.0 Å². The molecule has 0 radical (unpaired) electrons. The number of carbonyl (C=O) groups excluding carboxylic acids is 2. The van der Waals surface area contributed by atoms with Crippen molar-refractivity contribution in [1.29, 1.82) is 0 Å². The van der Waals surface area contributed by atoms with Gasteiger partial charge in [0.1, 0.15) is 6.04 Å². The Morgan fingerprint density at radius 3 is 2.28 bits per heavy atom. The van der Waals surface area contributed by atoms with Crippen LogP contribution < -0.4 is 11.1 Å². The summed E-state index contributed by atoms with van der Waals surface area (Å²) < 4.78 is 0. The predicted molar refractivity (Wildman–Crippen MR) is 118 cm³/mol. The summed E-state index contributed by atoms with van der Waals surface area (Å²) in [7, 11) is 0. The largest absolute Gasteiger partial charge is 0.340 e. The van der Waals surface area contributed by atoms with Crippen LogP contribution in [0, 0.1) is 12.8 Å². The van der Waals surface area contributed by atoms with Crippen LogP contribution in [0.15, 0.2) is 54.6 Å². The topological polar surface area (TPSA) is 75.4 Å². The summed E-state index contributed by atoms with van der Waals surface area (Å²) in [6, 6.07) is 16.8. The number of amides is 2. The first-order chi connectivity index (χ1) is 13.4. The number of aryl methyl sites for hydroxylation is 1. The van der Waals surface area contributed by atoms with Crippen LogP contribution in [-0.4, -0.2) is 41.9 Å². The van der Waals surface area contributed by atoms with Crippen molar-refractivity contribution < 1.29 is 9.59 Å². The van der Waals surface area contributed by atoms with Crippen LogP contribution in [0.5, 0.6) is 0 Å². The summed E-state index contributed by atoms with van der Waals surface area (Å²) in [6.45, 7) is 6.87. The second kappa shape index (κ2) is 9.90. The van der Waals surface area contributed by atoms with Crippen molar-refractivity contribution >= 4 is 24.2 Å². The maximum Gasteiger partial charge on any atom is 0.252 e. The van der Waals surface area contributed by atoms with Crippen LogP contribution in [0.1, 0.15) is 41.3 Å². The van der Waals surface area contributed by atoms with Crippen molar-refractivity contribution in [3.8, 4) is 0 Å². The Morgan fingerprint density at radius 2 is 1.66 bits per heavy atom. The lowest BCUT2D eigenvalue weighted by atomic mass is 9.95. The van der Waals surface area contributed by atoms with E-state index in [-0.39, 0.29) is 42.1 Å². The number of nitrogens with one attached hydrogen (secondary N) is 1. The Bertz CT molecular complexity index is 841. The number of halogens is 1. The molecule has 1 unspecified atom stereocenters. The van der Waals surface area contributed by atoms with Crippen molar-refractivity contribution in [2.45, 2.75) is 38.8 Å². The minimum Gasteiger partial charge on any atom is -0.340 e. The third-order valence-corrected chi connectivity index (χ3v) is 5.51. The fourth-order valence-corrected chi connectivity index (χ4v) is 3.82. The van der Waals surface area contributed by atoms with Crippen LogP contribution >= 0.6 is 12.4 Å². The highest BCUT2D eigenvalue weighted by Crippen LogP contribution is 2.27. The standard InChI is InChI=1S/C23H29N3O2.ClH/c1-15(2)21(25-22(27)18-12-8-7-9-16(18)3)23(28)26-13-19(20(24)14-26)17-10-5-4-6-11-17;/h4-12,15,19-21H,13-14,24H2,1-3H3,(H,25,27);1H/t19-,20+,21?;/m0./s1. The van der Waals surface area contributed by atoms with Gasteiger partial charge in [-0.15, -0.1) is 12.4 Å². The van der Waals surface area contributed by atoms with Crippen molar-refractivity contribution in [3.63, 3.8) is 0 Å². The fraction of sp³-hybridized carbons (Fsp3) is 0.391. The average Bonchev–Trinajstić information content (AvgIpc) is 3.08. The van der Waals surface area contributed by atoms with Gasteiger partial charge in [-0.25, -0.2) is 0 Å². The second-order valence-corrected chi connectivity index (χ2v) is 7.93. The molecule has 2 aromatic rings. The Hall–Kier alpha value is -2.37. The molecule has 0 aromatic heterocycles. The summed E-state index contributed by atoms with van der Waals surface area (Å²) in [5.41, 5.74) is 8.98. The molecule has 1 aliphatic rings. The zero-order chi connectivity index (χ0) is 20.3. The molecule has 6 heteroatoms. The second-order valence-electron chi connectivity index (χ2n) is 7.93. The number of benzene rings is 2.